The second-order valence-electron chi connectivity index (χ2n) is 8.12. The number of ether oxygens (including phenoxy) is 1. The summed E-state index contributed by atoms with van der Waals surface area (Å²) in [7, 11) is 0. The molecule has 0 radical (unpaired) electrons. The van der Waals surface area contributed by atoms with E-state index in [-0.39, 0.29) is 17.5 Å². The summed E-state index contributed by atoms with van der Waals surface area (Å²) in [6.07, 6.45) is 0.891. The minimum absolute atomic E-state index is 0.214. The van der Waals surface area contributed by atoms with Gasteiger partial charge in [0.25, 0.3) is 11.8 Å². The lowest BCUT2D eigenvalue weighted by Gasteiger charge is -2.08. The van der Waals surface area contributed by atoms with Crippen molar-refractivity contribution in [2.75, 3.05) is 17.2 Å². The molecule has 0 unspecified atom stereocenters. The summed E-state index contributed by atoms with van der Waals surface area (Å²) >= 11 is 4.61. The van der Waals surface area contributed by atoms with Crippen LogP contribution in [0.3, 0.4) is 0 Å². The van der Waals surface area contributed by atoms with Gasteiger partial charge in [-0.3, -0.25) is 14.9 Å². The smallest absolute Gasteiger partial charge is 0.275 e. The van der Waals surface area contributed by atoms with Gasteiger partial charge in [0.15, 0.2) is 5.13 Å². The molecule has 0 aliphatic heterocycles. The first-order valence-corrected chi connectivity index (χ1v) is 13.2. The molecule has 2 aromatic heterocycles. The Balaban J connectivity index is 1.20. The molecule has 37 heavy (non-hydrogen) atoms. The molecule has 0 aliphatic rings. The summed E-state index contributed by atoms with van der Waals surface area (Å²) in [4.78, 5) is 37.5. The maximum absolute atomic E-state index is 12.7. The molecule has 0 atom stereocenters. The Bertz CT molecular complexity index is 1550. The first kappa shape index (κ1) is 24.7. The van der Waals surface area contributed by atoms with Crippen LogP contribution in [0.5, 0.6) is 5.75 Å². The van der Waals surface area contributed by atoms with Crippen molar-refractivity contribution in [3.63, 3.8) is 0 Å². The van der Waals surface area contributed by atoms with E-state index < -0.39 is 0 Å². The average molecular weight is 576 g/mol. The largest absolute Gasteiger partial charge is 0.492 e. The Labute approximate surface area is 225 Å². The number of fused-ring (bicyclic) bond motifs is 1. The van der Waals surface area contributed by atoms with Crippen LogP contribution in [-0.2, 0) is 0 Å². The van der Waals surface area contributed by atoms with E-state index in [0.717, 1.165) is 28.8 Å². The molecule has 0 saturated carbocycles. The molecule has 2 heterocycles. The van der Waals surface area contributed by atoms with Gasteiger partial charge in [0, 0.05) is 22.2 Å². The molecule has 10 heteroatoms. The monoisotopic (exact) mass is 575 g/mol. The maximum Gasteiger partial charge on any atom is 0.275 e. The molecule has 3 N–H and O–H groups in total. The zero-order valence-electron chi connectivity index (χ0n) is 19.7. The Hall–Kier alpha value is -4.02. The van der Waals surface area contributed by atoms with E-state index in [2.05, 4.69) is 41.5 Å². The summed E-state index contributed by atoms with van der Waals surface area (Å²) in [6, 6.07) is 20.3. The lowest BCUT2D eigenvalue weighted by Crippen LogP contribution is -2.14. The quantitative estimate of drug-likeness (QED) is 0.190. The van der Waals surface area contributed by atoms with Crippen molar-refractivity contribution in [1.29, 1.82) is 0 Å². The second-order valence-corrected chi connectivity index (χ2v) is 9.83. The van der Waals surface area contributed by atoms with Crippen LogP contribution in [0.1, 0.15) is 34.2 Å². The van der Waals surface area contributed by atoms with Crippen molar-refractivity contribution in [2.24, 2.45) is 0 Å². The zero-order valence-corrected chi connectivity index (χ0v) is 22.2. The number of imidazole rings is 1. The van der Waals surface area contributed by atoms with E-state index >= 15 is 0 Å². The van der Waals surface area contributed by atoms with Crippen LogP contribution in [-0.4, -0.2) is 33.4 Å². The number of benzene rings is 3. The number of hydrogen-bond donors (Lipinski definition) is 3. The van der Waals surface area contributed by atoms with Crippen LogP contribution >= 0.6 is 27.3 Å². The van der Waals surface area contributed by atoms with E-state index in [9.17, 15) is 9.59 Å². The lowest BCUT2D eigenvalue weighted by molar-refractivity contribution is 0.101. The summed E-state index contributed by atoms with van der Waals surface area (Å²) in [5.41, 5.74) is 4.05. The van der Waals surface area contributed by atoms with Gasteiger partial charge in [-0.05, 0) is 76.9 Å². The second kappa shape index (κ2) is 10.9. The predicted molar refractivity (Wildman–Crippen MR) is 149 cm³/mol. The van der Waals surface area contributed by atoms with Gasteiger partial charge in [0.1, 0.15) is 17.3 Å². The fourth-order valence-corrected chi connectivity index (χ4v) is 4.75. The number of rotatable bonds is 8. The minimum Gasteiger partial charge on any atom is -0.492 e. The number of H-pyrrole nitrogens is 1. The molecule has 186 valence electrons. The number of hydrogen-bond acceptors (Lipinski definition) is 6. The summed E-state index contributed by atoms with van der Waals surface area (Å²) in [5, 5.41) is 7.51. The molecule has 5 aromatic rings. The van der Waals surface area contributed by atoms with Gasteiger partial charge in [0.05, 0.1) is 22.1 Å². The first-order valence-electron chi connectivity index (χ1n) is 11.6. The van der Waals surface area contributed by atoms with Crippen LogP contribution in [0.4, 0.5) is 10.8 Å². The molecule has 2 amide bonds. The number of amides is 2. The third-order valence-corrected chi connectivity index (χ3v) is 6.80. The number of carbonyl (C=O) groups excluding carboxylic acids is 2. The number of carbonyl (C=O) groups is 2. The number of aromatic nitrogens is 3. The SMILES string of the molecule is CCCOc1ccc(C(=O)Nc2nc(C(=O)Nc3ccc(-c4nc5ccccc5[nH]4)cc3)cs2)cc1Br. The molecule has 8 nitrogen and oxygen atoms in total. The van der Waals surface area contributed by atoms with Gasteiger partial charge in [-0.25, -0.2) is 9.97 Å². The first-order chi connectivity index (χ1) is 18.0. The fraction of sp³-hybridized carbons (Fsp3) is 0.111. The normalized spacial score (nSPS) is 10.9. The van der Waals surface area contributed by atoms with E-state index in [1.54, 1.807) is 35.7 Å². The zero-order chi connectivity index (χ0) is 25.8. The summed E-state index contributed by atoms with van der Waals surface area (Å²) in [5.74, 6) is 0.741. The Morgan fingerprint density at radius 3 is 2.57 bits per heavy atom. The van der Waals surface area contributed by atoms with Gasteiger partial charge in [-0.1, -0.05) is 19.1 Å². The average Bonchev–Trinajstić information content (AvgIpc) is 3.56. The third-order valence-electron chi connectivity index (χ3n) is 5.42. The Morgan fingerprint density at radius 2 is 1.81 bits per heavy atom. The van der Waals surface area contributed by atoms with Crippen molar-refractivity contribution < 1.29 is 14.3 Å². The molecule has 0 bridgehead atoms. The van der Waals surface area contributed by atoms with Gasteiger partial charge < -0.3 is 15.0 Å². The van der Waals surface area contributed by atoms with Crippen molar-refractivity contribution in [3.05, 3.63) is 87.8 Å². The lowest BCUT2D eigenvalue weighted by atomic mass is 10.2. The molecule has 3 aromatic carbocycles. The minimum atomic E-state index is -0.367. The predicted octanol–water partition coefficient (Wildman–Crippen LogP) is 6.74. The van der Waals surface area contributed by atoms with Gasteiger partial charge in [0.2, 0.25) is 0 Å². The highest BCUT2D eigenvalue weighted by Crippen LogP contribution is 2.27. The molecule has 0 saturated heterocycles. The van der Waals surface area contributed by atoms with E-state index in [1.165, 1.54) is 11.3 Å². The third kappa shape index (κ3) is 5.71. The number of para-hydroxylation sites is 2. The Kier molecular flexibility index (Phi) is 7.29. The standard InChI is InChI=1S/C27H22BrN5O3S/c1-2-13-36-23-12-9-17(14-19(23)28)25(34)33-27-32-22(15-37-27)26(35)29-18-10-7-16(8-11-18)24-30-20-5-3-4-6-21(20)31-24/h3-12,14-15H,2,13H2,1H3,(H,29,35)(H,30,31)(H,32,33,34). The van der Waals surface area contributed by atoms with Crippen LogP contribution in [0.2, 0.25) is 0 Å². The number of nitrogens with zero attached hydrogens (tertiary/aromatic N) is 2. The van der Waals surface area contributed by atoms with E-state index in [1.807, 2.05) is 43.3 Å². The van der Waals surface area contributed by atoms with Crippen LogP contribution in [0, 0.1) is 0 Å². The number of halogens is 1. The van der Waals surface area contributed by atoms with Gasteiger partial charge in [-0.15, -0.1) is 11.3 Å². The molecule has 0 aliphatic carbocycles. The van der Waals surface area contributed by atoms with Gasteiger partial charge >= 0.3 is 0 Å². The molecular weight excluding hydrogens is 554 g/mol. The molecule has 0 spiro atoms. The van der Waals surface area contributed by atoms with Crippen molar-refractivity contribution in [3.8, 4) is 17.1 Å². The van der Waals surface area contributed by atoms with Crippen molar-refractivity contribution in [1.82, 2.24) is 15.0 Å². The van der Waals surface area contributed by atoms with E-state index in [4.69, 9.17) is 4.74 Å². The highest BCUT2D eigenvalue weighted by atomic mass is 79.9. The molecule has 0 fully saturated rings. The summed E-state index contributed by atoms with van der Waals surface area (Å²) < 4.78 is 6.31. The fourth-order valence-electron chi connectivity index (χ4n) is 3.57. The van der Waals surface area contributed by atoms with Gasteiger partial charge in [-0.2, -0.15) is 0 Å². The maximum atomic E-state index is 12.7. The molecular formula is C27H22BrN5O3S. The summed E-state index contributed by atoms with van der Waals surface area (Å²) in [6.45, 7) is 2.62. The molecule has 5 rings (SSSR count). The Morgan fingerprint density at radius 1 is 1.00 bits per heavy atom. The highest BCUT2D eigenvalue weighted by Gasteiger charge is 2.15. The van der Waals surface area contributed by atoms with Crippen LogP contribution in [0.15, 0.2) is 76.6 Å². The number of anilines is 2. The highest BCUT2D eigenvalue weighted by molar-refractivity contribution is 9.10. The van der Waals surface area contributed by atoms with E-state index in [0.29, 0.717) is 33.2 Å². The van der Waals surface area contributed by atoms with Crippen molar-refractivity contribution >= 4 is 60.9 Å². The van der Waals surface area contributed by atoms with Crippen LogP contribution < -0.4 is 15.4 Å². The number of thiazole rings is 1. The topological polar surface area (TPSA) is 109 Å². The number of aromatic amines is 1. The number of nitrogens with one attached hydrogen (secondary N) is 3. The van der Waals surface area contributed by atoms with Crippen molar-refractivity contribution in [2.45, 2.75) is 13.3 Å². The van der Waals surface area contributed by atoms with Crippen LogP contribution in [0.25, 0.3) is 22.4 Å².